The molecule has 2 aromatic rings. The summed E-state index contributed by atoms with van der Waals surface area (Å²) >= 11 is 1.47. The Morgan fingerprint density at radius 3 is 2.80 bits per heavy atom. The molecule has 0 saturated carbocycles. The Kier molecular flexibility index (Phi) is 4.41. The van der Waals surface area contributed by atoms with E-state index in [0.29, 0.717) is 24.7 Å². The van der Waals surface area contributed by atoms with E-state index in [2.05, 4.69) is 25.6 Å². The van der Waals surface area contributed by atoms with Crippen LogP contribution in [0.4, 0.5) is 17.5 Å². The van der Waals surface area contributed by atoms with E-state index in [1.54, 1.807) is 18.6 Å². The van der Waals surface area contributed by atoms with Crippen LogP contribution in [0.15, 0.2) is 11.7 Å². The van der Waals surface area contributed by atoms with Crippen molar-refractivity contribution in [3.05, 3.63) is 32.4 Å². The highest BCUT2D eigenvalue weighted by molar-refractivity contribution is 7.09. The lowest BCUT2D eigenvalue weighted by molar-refractivity contribution is -0.385. The lowest BCUT2D eigenvalue weighted by Gasteiger charge is -2.09. The molecule has 0 saturated heterocycles. The summed E-state index contributed by atoms with van der Waals surface area (Å²) in [5, 5.41) is 17.1. The number of hydrogen-bond acceptors (Lipinski definition) is 8. The molecule has 2 rings (SSSR count). The van der Waals surface area contributed by atoms with Gasteiger partial charge < -0.3 is 10.6 Å². The van der Waals surface area contributed by atoms with Crippen molar-refractivity contribution in [1.82, 2.24) is 15.0 Å². The first-order chi connectivity index (χ1) is 9.61. The third-order valence-corrected chi connectivity index (χ3v) is 3.27. The standard InChI is InChI=1S/C11H14N6O2S/c1-3-13-11-15-7(2)9(17(18)19)10(16-11)14-5-8-4-12-6-20-8/h4,6H,3,5H2,1-2H3,(H2,13,14,15,16). The van der Waals surface area contributed by atoms with Gasteiger partial charge in [-0.2, -0.15) is 4.98 Å². The molecule has 20 heavy (non-hydrogen) atoms. The Balaban J connectivity index is 2.29. The van der Waals surface area contributed by atoms with Crippen LogP contribution in [0.5, 0.6) is 0 Å². The van der Waals surface area contributed by atoms with Gasteiger partial charge in [0.2, 0.25) is 11.8 Å². The number of anilines is 2. The highest BCUT2D eigenvalue weighted by Gasteiger charge is 2.21. The smallest absolute Gasteiger partial charge is 0.332 e. The Morgan fingerprint density at radius 2 is 2.20 bits per heavy atom. The van der Waals surface area contributed by atoms with Crippen LogP contribution in [-0.2, 0) is 6.54 Å². The molecule has 0 aliphatic carbocycles. The molecule has 2 aromatic heterocycles. The minimum Gasteiger partial charge on any atom is -0.359 e. The van der Waals surface area contributed by atoms with E-state index in [9.17, 15) is 10.1 Å². The maximum Gasteiger partial charge on any atom is 0.332 e. The van der Waals surface area contributed by atoms with E-state index in [0.717, 1.165) is 4.88 Å². The fraction of sp³-hybridized carbons (Fsp3) is 0.364. The second kappa shape index (κ2) is 6.24. The summed E-state index contributed by atoms with van der Waals surface area (Å²) in [6.07, 6.45) is 1.71. The monoisotopic (exact) mass is 294 g/mol. The quantitative estimate of drug-likeness (QED) is 0.621. The van der Waals surface area contributed by atoms with E-state index >= 15 is 0 Å². The Hall–Kier alpha value is -2.29. The van der Waals surface area contributed by atoms with Crippen LogP contribution in [-0.4, -0.2) is 26.4 Å². The SMILES string of the molecule is CCNc1nc(C)c([N+](=O)[O-])c(NCc2cncs2)n1. The zero-order chi connectivity index (χ0) is 14.5. The van der Waals surface area contributed by atoms with Gasteiger partial charge in [-0.3, -0.25) is 15.1 Å². The molecule has 0 atom stereocenters. The third-order valence-electron chi connectivity index (χ3n) is 2.49. The first kappa shape index (κ1) is 14.1. The minimum absolute atomic E-state index is 0.101. The molecule has 0 aliphatic heterocycles. The molecule has 0 radical (unpaired) electrons. The molecule has 0 unspecified atom stereocenters. The number of nitrogens with zero attached hydrogens (tertiary/aromatic N) is 4. The average molecular weight is 294 g/mol. The van der Waals surface area contributed by atoms with Gasteiger partial charge in [0.1, 0.15) is 5.69 Å². The van der Waals surface area contributed by atoms with Crippen molar-refractivity contribution >= 4 is 28.8 Å². The Bertz CT molecular complexity index is 601. The summed E-state index contributed by atoms with van der Waals surface area (Å²) in [6, 6.07) is 0. The van der Waals surface area contributed by atoms with Gasteiger partial charge in [-0.1, -0.05) is 0 Å². The molecule has 0 fully saturated rings. The van der Waals surface area contributed by atoms with E-state index in [-0.39, 0.29) is 11.5 Å². The molecule has 0 bridgehead atoms. The van der Waals surface area contributed by atoms with Crippen LogP contribution in [0.3, 0.4) is 0 Å². The van der Waals surface area contributed by atoms with E-state index in [1.807, 2.05) is 6.92 Å². The second-order valence-electron chi connectivity index (χ2n) is 3.94. The molecule has 8 nitrogen and oxygen atoms in total. The number of rotatable bonds is 6. The van der Waals surface area contributed by atoms with Gasteiger partial charge in [0.15, 0.2) is 0 Å². The van der Waals surface area contributed by atoms with Crippen molar-refractivity contribution in [3.63, 3.8) is 0 Å². The largest absolute Gasteiger partial charge is 0.359 e. The van der Waals surface area contributed by atoms with Gasteiger partial charge in [0.05, 0.1) is 17.0 Å². The summed E-state index contributed by atoms with van der Waals surface area (Å²) in [5.41, 5.74) is 1.93. The van der Waals surface area contributed by atoms with E-state index in [1.165, 1.54) is 11.3 Å². The van der Waals surface area contributed by atoms with Gasteiger partial charge in [-0.15, -0.1) is 11.3 Å². The predicted molar refractivity (Wildman–Crippen MR) is 77.0 cm³/mol. The summed E-state index contributed by atoms with van der Waals surface area (Å²) in [5.74, 6) is 0.592. The van der Waals surface area contributed by atoms with Gasteiger partial charge >= 0.3 is 5.69 Å². The highest BCUT2D eigenvalue weighted by Crippen LogP contribution is 2.27. The van der Waals surface area contributed by atoms with Gasteiger partial charge in [0.25, 0.3) is 0 Å². The molecular weight excluding hydrogens is 280 g/mol. The molecule has 2 heterocycles. The fourth-order valence-electron chi connectivity index (χ4n) is 1.65. The third kappa shape index (κ3) is 3.18. The van der Waals surface area contributed by atoms with Crippen molar-refractivity contribution < 1.29 is 4.92 Å². The van der Waals surface area contributed by atoms with Crippen LogP contribution in [0.2, 0.25) is 0 Å². The van der Waals surface area contributed by atoms with Crippen molar-refractivity contribution in [3.8, 4) is 0 Å². The average Bonchev–Trinajstić information content (AvgIpc) is 2.88. The normalized spacial score (nSPS) is 10.3. The fourth-order valence-corrected chi connectivity index (χ4v) is 2.18. The zero-order valence-corrected chi connectivity index (χ0v) is 11.9. The summed E-state index contributed by atoms with van der Waals surface area (Å²) in [7, 11) is 0. The van der Waals surface area contributed by atoms with Crippen LogP contribution in [0.25, 0.3) is 0 Å². The number of thiazole rings is 1. The van der Waals surface area contributed by atoms with E-state index < -0.39 is 4.92 Å². The van der Waals surface area contributed by atoms with Gasteiger partial charge in [-0.25, -0.2) is 4.98 Å². The van der Waals surface area contributed by atoms with Crippen LogP contribution < -0.4 is 10.6 Å². The minimum atomic E-state index is -0.472. The summed E-state index contributed by atoms with van der Waals surface area (Å²) < 4.78 is 0. The summed E-state index contributed by atoms with van der Waals surface area (Å²) in [4.78, 5) is 23.8. The summed E-state index contributed by atoms with van der Waals surface area (Å²) in [6.45, 7) is 4.59. The molecule has 106 valence electrons. The maximum atomic E-state index is 11.1. The maximum absolute atomic E-state index is 11.1. The second-order valence-corrected chi connectivity index (χ2v) is 4.91. The molecule has 0 spiro atoms. The molecule has 0 amide bonds. The van der Waals surface area contributed by atoms with Crippen molar-refractivity contribution in [2.45, 2.75) is 20.4 Å². The number of nitro groups is 1. The number of aryl methyl sites for hydroxylation is 1. The Labute approximate surface area is 119 Å². The molecular formula is C11H14N6O2S. The molecule has 9 heteroatoms. The first-order valence-electron chi connectivity index (χ1n) is 6.00. The van der Waals surface area contributed by atoms with Gasteiger partial charge in [0, 0.05) is 17.6 Å². The lowest BCUT2D eigenvalue weighted by Crippen LogP contribution is -2.10. The molecule has 0 aromatic carbocycles. The molecule has 2 N–H and O–H groups in total. The zero-order valence-electron chi connectivity index (χ0n) is 11.1. The number of nitrogens with one attached hydrogen (secondary N) is 2. The van der Waals surface area contributed by atoms with E-state index in [4.69, 9.17) is 0 Å². The van der Waals surface area contributed by atoms with Gasteiger partial charge in [-0.05, 0) is 13.8 Å². The highest BCUT2D eigenvalue weighted by atomic mass is 32.1. The van der Waals surface area contributed by atoms with Crippen molar-refractivity contribution in [2.24, 2.45) is 0 Å². The van der Waals surface area contributed by atoms with Crippen LogP contribution >= 0.6 is 11.3 Å². The number of aromatic nitrogens is 3. The van der Waals surface area contributed by atoms with Crippen LogP contribution in [0.1, 0.15) is 17.5 Å². The Morgan fingerprint density at radius 1 is 1.40 bits per heavy atom. The van der Waals surface area contributed by atoms with Crippen molar-refractivity contribution in [1.29, 1.82) is 0 Å². The number of hydrogen-bond donors (Lipinski definition) is 2. The predicted octanol–water partition coefficient (Wildman–Crippen LogP) is 2.19. The lowest BCUT2D eigenvalue weighted by atomic mass is 10.3. The first-order valence-corrected chi connectivity index (χ1v) is 6.88. The topological polar surface area (TPSA) is 106 Å². The van der Waals surface area contributed by atoms with Crippen LogP contribution in [0, 0.1) is 17.0 Å². The molecule has 0 aliphatic rings. The van der Waals surface area contributed by atoms with Crippen molar-refractivity contribution in [2.75, 3.05) is 17.2 Å².